The molecule has 2 heterocycles. The van der Waals surface area contributed by atoms with Gasteiger partial charge in [0.1, 0.15) is 11.6 Å². The van der Waals surface area contributed by atoms with Crippen LogP contribution in [0.5, 0.6) is 17.2 Å². The fourth-order valence-electron chi connectivity index (χ4n) is 2.84. The summed E-state index contributed by atoms with van der Waals surface area (Å²) in [6.07, 6.45) is 2.17. The molecule has 0 aliphatic heterocycles. The van der Waals surface area contributed by atoms with Crippen molar-refractivity contribution in [3.63, 3.8) is 0 Å². The van der Waals surface area contributed by atoms with Gasteiger partial charge in [0.2, 0.25) is 5.95 Å². The molecule has 3 aromatic rings. The molecule has 0 saturated carbocycles. The van der Waals surface area contributed by atoms with E-state index in [9.17, 15) is 5.11 Å². The zero-order valence-electron chi connectivity index (χ0n) is 14.2. The van der Waals surface area contributed by atoms with Gasteiger partial charge >= 0.3 is 0 Å². The van der Waals surface area contributed by atoms with Gasteiger partial charge in [-0.25, -0.2) is 4.98 Å². The Morgan fingerprint density at radius 2 is 1.84 bits per heavy atom. The molecule has 3 rings (SSSR count). The average Bonchev–Trinajstić information content (AvgIpc) is 2.56. The number of hydrogen-bond acceptors (Lipinski definition) is 8. The number of benzene rings is 1. The average molecular weight is 341 g/mol. The van der Waals surface area contributed by atoms with Gasteiger partial charge in [0, 0.05) is 24.2 Å². The lowest BCUT2D eigenvalue weighted by atomic mass is 9.99. The molecule has 0 bridgehead atoms. The number of aryl methyl sites for hydroxylation is 1. The summed E-state index contributed by atoms with van der Waals surface area (Å²) in [7, 11) is 3.04. The molecule has 0 fully saturated rings. The van der Waals surface area contributed by atoms with Gasteiger partial charge in [0.05, 0.1) is 19.6 Å². The molecule has 0 unspecified atom stereocenters. The normalized spacial score (nSPS) is 10.8. The van der Waals surface area contributed by atoms with Crippen LogP contribution in [0, 0.1) is 6.92 Å². The molecule has 0 atom stereocenters. The van der Waals surface area contributed by atoms with Crippen LogP contribution in [0.4, 0.5) is 11.8 Å². The third-order valence-corrected chi connectivity index (χ3v) is 4.08. The van der Waals surface area contributed by atoms with Gasteiger partial charge in [-0.1, -0.05) is 0 Å². The molecule has 0 amide bonds. The Morgan fingerprint density at radius 3 is 2.52 bits per heavy atom. The molecule has 8 heteroatoms. The second kappa shape index (κ2) is 6.31. The van der Waals surface area contributed by atoms with Crippen molar-refractivity contribution >= 4 is 22.8 Å². The molecule has 2 aromatic heterocycles. The number of pyridine rings is 1. The highest BCUT2D eigenvalue weighted by Crippen LogP contribution is 2.36. The minimum absolute atomic E-state index is 0.0128. The van der Waals surface area contributed by atoms with Crippen LogP contribution in [0.1, 0.15) is 16.7 Å². The molecule has 0 spiro atoms. The minimum atomic E-state index is 0.0128. The second-order valence-corrected chi connectivity index (χ2v) is 5.59. The monoisotopic (exact) mass is 341 g/mol. The quantitative estimate of drug-likeness (QED) is 0.655. The number of methoxy groups -OCH3 is 2. The first-order valence-electron chi connectivity index (χ1n) is 7.55. The highest BCUT2D eigenvalue weighted by Gasteiger charge is 2.16. The van der Waals surface area contributed by atoms with Crippen LogP contribution in [0.15, 0.2) is 18.3 Å². The number of phenols is 1. The predicted octanol–water partition coefficient (Wildman–Crippen LogP) is 1.81. The molecule has 8 nitrogen and oxygen atoms in total. The summed E-state index contributed by atoms with van der Waals surface area (Å²) in [6.45, 7) is 1.92. The Balaban J connectivity index is 2.13. The third-order valence-electron chi connectivity index (χ3n) is 4.08. The lowest BCUT2D eigenvalue weighted by Gasteiger charge is -2.14. The van der Waals surface area contributed by atoms with Crippen LogP contribution in [-0.4, -0.2) is 34.3 Å². The first-order valence-corrected chi connectivity index (χ1v) is 7.55. The van der Waals surface area contributed by atoms with Crippen LogP contribution < -0.4 is 20.9 Å². The highest BCUT2D eigenvalue weighted by atomic mass is 16.5. The SMILES string of the molecule is COc1cc(O)c(OC)c(Cc2cnc3nc(N)nc(N)c3c2C)c1. The smallest absolute Gasteiger partial charge is 0.224 e. The molecular formula is C17H19N5O3. The number of nitrogen functional groups attached to an aromatic ring is 2. The summed E-state index contributed by atoms with van der Waals surface area (Å²) in [5, 5.41) is 10.8. The van der Waals surface area contributed by atoms with E-state index in [2.05, 4.69) is 15.0 Å². The molecule has 130 valence electrons. The number of nitrogens with zero attached hydrogens (tertiary/aromatic N) is 3. The van der Waals surface area contributed by atoms with Crippen LogP contribution in [0.3, 0.4) is 0 Å². The molecule has 0 aliphatic carbocycles. The number of rotatable bonds is 4. The Hall–Kier alpha value is -3.29. The van der Waals surface area contributed by atoms with Crippen LogP contribution in [-0.2, 0) is 6.42 Å². The third kappa shape index (κ3) is 2.93. The number of anilines is 2. The van der Waals surface area contributed by atoms with Crippen molar-refractivity contribution in [2.75, 3.05) is 25.7 Å². The van der Waals surface area contributed by atoms with Gasteiger partial charge in [0.25, 0.3) is 0 Å². The van der Waals surface area contributed by atoms with Gasteiger partial charge in [-0.3, -0.25) is 0 Å². The Labute approximate surface area is 144 Å². The summed E-state index contributed by atoms with van der Waals surface area (Å²) in [5.41, 5.74) is 14.6. The van der Waals surface area contributed by atoms with Crippen molar-refractivity contribution in [1.82, 2.24) is 15.0 Å². The molecular weight excluding hydrogens is 322 g/mol. The van der Waals surface area contributed by atoms with Crippen LogP contribution in [0.25, 0.3) is 11.0 Å². The molecule has 0 aliphatic rings. The maximum atomic E-state index is 10.1. The fourth-order valence-corrected chi connectivity index (χ4v) is 2.84. The van der Waals surface area contributed by atoms with Crippen molar-refractivity contribution in [2.45, 2.75) is 13.3 Å². The van der Waals surface area contributed by atoms with E-state index in [0.717, 1.165) is 16.7 Å². The number of aromatic hydroxyl groups is 1. The van der Waals surface area contributed by atoms with Crippen molar-refractivity contribution in [3.8, 4) is 17.2 Å². The van der Waals surface area contributed by atoms with Crippen LogP contribution in [0.2, 0.25) is 0 Å². The maximum absolute atomic E-state index is 10.1. The van der Waals surface area contributed by atoms with Crippen molar-refractivity contribution in [3.05, 3.63) is 35.0 Å². The first kappa shape index (κ1) is 16.6. The Bertz CT molecular complexity index is 959. The number of phenolic OH excluding ortho intramolecular Hbond substituents is 1. The number of hydrogen-bond donors (Lipinski definition) is 3. The van der Waals surface area contributed by atoms with Crippen molar-refractivity contribution in [2.24, 2.45) is 0 Å². The van der Waals surface area contributed by atoms with Gasteiger partial charge in [-0.05, 0) is 24.1 Å². The summed E-state index contributed by atoms with van der Waals surface area (Å²) >= 11 is 0. The van der Waals surface area contributed by atoms with Gasteiger partial charge < -0.3 is 26.0 Å². The zero-order chi connectivity index (χ0) is 18.1. The second-order valence-electron chi connectivity index (χ2n) is 5.59. The van der Waals surface area contributed by atoms with Gasteiger partial charge in [-0.15, -0.1) is 0 Å². The fraction of sp³-hybridized carbons (Fsp3) is 0.235. The summed E-state index contributed by atoms with van der Waals surface area (Å²) < 4.78 is 10.5. The van der Waals surface area contributed by atoms with E-state index < -0.39 is 0 Å². The largest absolute Gasteiger partial charge is 0.504 e. The molecule has 1 aromatic carbocycles. The zero-order valence-corrected chi connectivity index (χ0v) is 14.2. The van der Waals surface area contributed by atoms with E-state index >= 15 is 0 Å². The number of nitrogens with two attached hydrogens (primary N) is 2. The van der Waals surface area contributed by atoms with Crippen molar-refractivity contribution in [1.29, 1.82) is 0 Å². The van der Waals surface area contributed by atoms with E-state index in [0.29, 0.717) is 29.0 Å². The first-order chi connectivity index (χ1) is 11.9. The topological polar surface area (TPSA) is 129 Å². The predicted molar refractivity (Wildman–Crippen MR) is 94.9 cm³/mol. The van der Waals surface area contributed by atoms with E-state index in [1.54, 1.807) is 6.20 Å². The summed E-state index contributed by atoms with van der Waals surface area (Å²) in [4.78, 5) is 12.5. The molecule has 0 radical (unpaired) electrons. The lowest BCUT2D eigenvalue weighted by molar-refractivity contribution is 0.362. The maximum Gasteiger partial charge on any atom is 0.224 e. The standard InChI is InChI=1S/C17H19N5O3/c1-8-10(7-20-16-13(8)15(18)21-17(19)22-16)4-9-5-11(24-2)6-12(23)14(9)25-3/h5-7,23H,4H2,1-3H3,(H4,18,19,20,21,22). The van der Waals surface area contributed by atoms with Gasteiger partial charge in [-0.2, -0.15) is 9.97 Å². The minimum Gasteiger partial charge on any atom is -0.504 e. The number of ether oxygens (including phenoxy) is 2. The van der Waals surface area contributed by atoms with E-state index in [4.69, 9.17) is 20.9 Å². The number of fused-ring (bicyclic) bond motifs is 1. The van der Waals surface area contributed by atoms with Crippen LogP contribution >= 0.6 is 0 Å². The van der Waals surface area contributed by atoms with Crippen molar-refractivity contribution < 1.29 is 14.6 Å². The highest BCUT2D eigenvalue weighted by molar-refractivity contribution is 5.90. The number of aromatic nitrogens is 3. The Morgan fingerprint density at radius 1 is 1.08 bits per heavy atom. The van der Waals surface area contributed by atoms with Gasteiger partial charge in [0.15, 0.2) is 17.1 Å². The van der Waals surface area contributed by atoms with E-state index in [-0.39, 0.29) is 17.5 Å². The van der Waals surface area contributed by atoms with E-state index in [1.807, 2.05) is 13.0 Å². The molecule has 0 saturated heterocycles. The lowest BCUT2D eigenvalue weighted by Crippen LogP contribution is -2.05. The van der Waals surface area contributed by atoms with E-state index in [1.165, 1.54) is 20.3 Å². The molecule has 25 heavy (non-hydrogen) atoms. The Kier molecular flexibility index (Phi) is 4.18. The summed E-state index contributed by atoms with van der Waals surface area (Å²) in [5.74, 6) is 1.31. The molecule has 5 N–H and O–H groups in total. The summed E-state index contributed by atoms with van der Waals surface area (Å²) in [6, 6.07) is 3.31.